The lowest BCUT2D eigenvalue weighted by Gasteiger charge is -2.43. The van der Waals surface area contributed by atoms with E-state index in [1.165, 1.54) is 30.6 Å². The number of carbonyl (C=O) groups excluding carboxylic acids is 4. The number of aromatic nitrogens is 3. The van der Waals surface area contributed by atoms with Crippen molar-refractivity contribution in [2.24, 2.45) is 0 Å². The zero-order valence-electron chi connectivity index (χ0n) is 28.2. The van der Waals surface area contributed by atoms with Crippen LogP contribution in [0.3, 0.4) is 0 Å². The van der Waals surface area contributed by atoms with Crippen molar-refractivity contribution in [3.63, 3.8) is 0 Å². The van der Waals surface area contributed by atoms with E-state index < -0.39 is 62.7 Å². The van der Waals surface area contributed by atoms with Crippen LogP contribution in [0, 0.1) is 0 Å². The predicted molar refractivity (Wildman–Crippen MR) is 171 cm³/mol. The van der Waals surface area contributed by atoms with Gasteiger partial charge in [-0.05, 0) is 45.3 Å². The minimum absolute atomic E-state index is 0.104. The highest BCUT2D eigenvalue weighted by molar-refractivity contribution is 6.81. The third-order valence-electron chi connectivity index (χ3n) is 7.05. The van der Waals surface area contributed by atoms with Crippen LogP contribution >= 0.6 is 0 Å². The first kappa shape index (κ1) is 38.6. The van der Waals surface area contributed by atoms with Crippen LogP contribution in [0.25, 0.3) is 0 Å². The Kier molecular flexibility index (Phi) is 15.0. The Morgan fingerprint density at radius 2 is 1.33 bits per heavy atom. The molecular formula is C32H49N3O10Si. The van der Waals surface area contributed by atoms with E-state index >= 15 is 0 Å². The van der Waals surface area contributed by atoms with E-state index in [9.17, 15) is 19.2 Å². The van der Waals surface area contributed by atoms with Crippen molar-refractivity contribution in [3.05, 3.63) is 48.3 Å². The number of rotatable bonds is 18. The van der Waals surface area contributed by atoms with Crippen LogP contribution in [0.15, 0.2) is 42.7 Å². The molecule has 1 aliphatic rings. The average molecular weight is 664 g/mol. The Balaban J connectivity index is 2.21. The molecule has 0 spiro atoms. The molecule has 2 heterocycles. The van der Waals surface area contributed by atoms with Gasteiger partial charge in [0.15, 0.2) is 24.6 Å². The predicted octanol–water partition coefficient (Wildman–Crippen LogP) is 4.45. The first-order valence-electron chi connectivity index (χ1n) is 15.2. The van der Waals surface area contributed by atoms with Crippen molar-refractivity contribution < 1.29 is 47.6 Å². The van der Waals surface area contributed by atoms with Crippen LogP contribution in [0.4, 0.5) is 0 Å². The molecule has 1 aromatic heterocycles. The van der Waals surface area contributed by atoms with Gasteiger partial charge in [0.05, 0.1) is 20.9 Å². The van der Waals surface area contributed by atoms with E-state index in [1.807, 2.05) is 0 Å². The smallest absolute Gasteiger partial charge is 0.303 e. The summed E-state index contributed by atoms with van der Waals surface area (Å²) in [6.07, 6.45) is -3.66. The minimum atomic E-state index is -1.79. The van der Waals surface area contributed by atoms with Gasteiger partial charge in [-0.3, -0.25) is 23.9 Å². The van der Waals surface area contributed by atoms with Gasteiger partial charge in [0.1, 0.15) is 18.4 Å². The van der Waals surface area contributed by atoms with Crippen molar-refractivity contribution in [1.82, 2.24) is 15.0 Å². The Labute approximate surface area is 272 Å². The first-order chi connectivity index (χ1) is 21.5. The molecule has 1 aliphatic heterocycles. The summed E-state index contributed by atoms with van der Waals surface area (Å²) < 4.78 is 35.1. The van der Waals surface area contributed by atoms with E-state index in [0.29, 0.717) is 12.2 Å². The number of nitrogens with zero attached hydrogens (tertiary/aromatic N) is 3. The molecule has 0 bridgehead atoms. The molecule has 0 amide bonds. The summed E-state index contributed by atoms with van der Waals surface area (Å²) in [6.45, 7) is 23.7. The molecule has 1 aromatic rings. The van der Waals surface area contributed by atoms with Crippen molar-refractivity contribution in [1.29, 1.82) is 0 Å². The largest absolute Gasteiger partial charge is 0.463 e. The number of carbonyl (C=O) groups is 4. The van der Waals surface area contributed by atoms with E-state index in [4.69, 9.17) is 28.4 Å². The van der Waals surface area contributed by atoms with Crippen molar-refractivity contribution >= 4 is 32.0 Å². The van der Waals surface area contributed by atoms with Crippen LogP contribution in [0.2, 0.25) is 24.2 Å². The SMILES string of the molecule is C=C(C)C[Si](CCCn1cc(COC2OC(COC(C)=O)C(OC(C)=O)C(OC(C)=O)C2OC(C)=O)nn1)(CC(=C)C)CC(=C)C. The molecule has 0 saturated carbocycles. The van der Waals surface area contributed by atoms with E-state index in [-0.39, 0.29) is 13.2 Å². The lowest BCUT2D eigenvalue weighted by Crippen LogP contribution is -2.62. The Morgan fingerprint density at radius 3 is 1.83 bits per heavy atom. The highest BCUT2D eigenvalue weighted by Crippen LogP contribution is 2.35. The topological polar surface area (TPSA) is 154 Å². The maximum Gasteiger partial charge on any atom is 0.303 e. The number of ether oxygens (including phenoxy) is 6. The molecule has 256 valence electrons. The zero-order chi connectivity index (χ0) is 34.6. The lowest BCUT2D eigenvalue weighted by molar-refractivity contribution is -0.310. The van der Waals surface area contributed by atoms with Gasteiger partial charge in [0.2, 0.25) is 0 Å². The van der Waals surface area contributed by atoms with Gasteiger partial charge in [0.25, 0.3) is 0 Å². The second-order valence-electron chi connectivity index (χ2n) is 12.4. The molecule has 2 rings (SSSR count). The Morgan fingerprint density at radius 1 is 0.804 bits per heavy atom. The summed E-state index contributed by atoms with van der Waals surface area (Å²) in [5.41, 5.74) is 4.01. The maximum absolute atomic E-state index is 12.1. The Bertz CT molecular complexity index is 1240. The molecule has 14 heteroatoms. The fourth-order valence-corrected chi connectivity index (χ4v) is 11.6. The number of allylic oxidation sites excluding steroid dienone is 3. The molecule has 0 N–H and O–H groups in total. The number of aryl methyl sites for hydroxylation is 1. The normalized spacial score (nSPS) is 21.2. The van der Waals surface area contributed by atoms with E-state index in [0.717, 1.165) is 44.4 Å². The molecular weight excluding hydrogens is 614 g/mol. The van der Waals surface area contributed by atoms with Gasteiger partial charge in [-0.15, -0.1) is 24.8 Å². The number of esters is 4. The molecule has 46 heavy (non-hydrogen) atoms. The van der Waals surface area contributed by atoms with Gasteiger partial charge in [-0.1, -0.05) is 28.0 Å². The summed E-state index contributed by atoms with van der Waals surface area (Å²) >= 11 is 0. The minimum Gasteiger partial charge on any atom is -0.463 e. The van der Waals surface area contributed by atoms with Crippen molar-refractivity contribution in [2.75, 3.05) is 6.61 Å². The third-order valence-corrected chi connectivity index (χ3v) is 12.5. The summed E-state index contributed by atoms with van der Waals surface area (Å²) in [7, 11) is -1.79. The molecule has 5 unspecified atom stereocenters. The molecule has 1 saturated heterocycles. The molecule has 0 aliphatic carbocycles. The standard InChI is InChI=1S/C32H49N3O10Si/c1-20(2)17-46(18-21(3)4,19-22(5)6)13-11-12-35-14-27(33-34-35)15-41-32-31(44-26(10)39)30(43-25(9)38)29(42-24(8)37)28(45-32)16-40-23(7)36/h14,28-32H,1,3,5,11-13,15-19H2,2,4,6-10H3. The van der Waals surface area contributed by atoms with Crippen molar-refractivity contribution in [2.45, 2.75) is 123 Å². The van der Waals surface area contributed by atoms with E-state index in [2.05, 4.69) is 50.8 Å². The van der Waals surface area contributed by atoms with Gasteiger partial charge in [0, 0.05) is 34.2 Å². The maximum atomic E-state index is 12.1. The molecule has 5 atom stereocenters. The highest BCUT2D eigenvalue weighted by Gasteiger charge is 2.52. The van der Waals surface area contributed by atoms with Crippen molar-refractivity contribution in [3.8, 4) is 0 Å². The van der Waals surface area contributed by atoms with Crippen LogP contribution in [-0.2, 0) is 60.8 Å². The highest BCUT2D eigenvalue weighted by atomic mass is 28.3. The fraction of sp³-hybridized carbons (Fsp3) is 0.625. The summed E-state index contributed by atoms with van der Waals surface area (Å²) in [4.78, 5) is 47.6. The number of hydrogen-bond donors (Lipinski definition) is 0. The first-order valence-corrected chi connectivity index (χ1v) is 18.1. The molecule has 0 radical (unpaired) electrons. The molecule has 0 aromatic carbocycles. The summed E-state index contributed by atoms with van der Waals surface area (Å²) in [6, 6.07) is 4.09. The lowest BCUT2D eigenvalue weighted by atomic mass is 9.98. The van der Waals surface area contributed by atoms with Gasteiger partial charge in [-0.2, -0.15) is 0 Å². The van der Waals surface area contributed by atoms with Crippen LogP contribution in [0.5, 0.6) is 0 Å². The zero-order valence-corrected chi connectivity index (χ0v) is 29.2. The number of hydrogen-bond acceptors (Lipinski definition) is 12. The van der Waals surface area contributed by atoms with Crippen LogP contribution < -0.4 is 0 Å². The van der Waals surface area contributed by atoms with Gasteiger partial charge < -0.3 is 28.4 Å². The summed E-state index contributed by atoms with van der Waals surface area (Å²) in [5, 5.41) is 8.47. The fourth-order valence-electron chi connectivity index (χ4n) is 5.99. The monoisotopic (exact) mass is 663 g/mol. The average Bonchev–Trinajstić information content (AvgIpc) is 3.34. The van der Waals surface area contributed by atoms with Gasteiger partial charge >= 0.3 is 23.9 Å². The molecule has 1 fully saturated rings. The second kappa shape index (κ2) is 17.9. The Hall–Kier alpha value is -3.62. The summed E-state index contributed by atoms with van der Waals surface area (Å²) in [5.74, 6) is -2.76. The van der Waals surface area contributed by atoms with E-state index in [1.54, 1.807) is 10.9 Å². The second-order valence-corrected chi connectivity index (χ2v) is 16.9. The van der Waals surface area contributed by atoms with Crippen LogP contribution in [-0.4, -0.2) is 84.3 Å². The quantitative estimate of drug-likeness (QED) is 0.0944. The van der Waals surface area contributed by atoms with Crippen LogP contribution in [0.1, 0.15) is 60.6 Å². The third kappa shape index (κ3) is 13.0. The molecule has 13 nitrogen and oxygen atoms in total. The van der Waals surface area contributed by atoms with Gasteiger partial charge in [-0.25, -0.2) is 0 Å².